The Hall–Kier alpha value is -4.84. The maximum atomic E-state index is 12.2. The van der Waals surface area contributed by atoms with E-state index in [1.54, 1.807) is 36.4 Å². The standard InChI is InChI=1S/C25H19N3O6/c1-15-2-8-18(9-3-15)32-14-23(29)33-19-10-11-20-22(12-19)34-25(27)21(13-26)24(20)16-4-6-17(7-5-16)28(30)31/h2-12,24H,14,27H2,1H3. The first-order chi connectivity index (χ1) is 16.4. The fraction of sp³-hybridized carbons (Fsp3) is 0.120. The number of hydrogen-bond donors (Lipinski definition) is 1. The summed E-state index contributed by atoms with van der Waals surface area (Å²) in [6.07, 6.45) is 0. The third-order valence-corrected chi connectivity index (χ3v) is 5.24. The summed E-state index contributed by atoms with van der Waals surface area (Å²) in [4.78, 5) is 22.7. The van der Waals surface area contributed by atoms with Crippen molar-refractivity contribution in [2.24, 2.45) is 5.73 Å². The number of carbonyl (C=O) groups is 1. The molecule has 3 aromatic rings. The highest BCUT2D eigenvalue weighted by Gasteiger charge is 2.31. The molecule has 0 fully saturated rings. The highest BCUT2D eigenvalue weighted by atomic mass is 16.6. The smallest absolute Gasteiger partial charge is 0.349 e. The third kappa shape index (κ3) is 4.66. The van der Waals surface area contributed by atoms with E-state index in [-0.39, 0.29) is 29.5 Å². The molecule has 1 heterocycles. The van der Waals surface area contributed by atoms with Gasteiger partial charge in [-0.25, -0.2) is 4.79 Å². The maximum absolute atomic E-state index is 12.2. The number of carbonyl (C=O) groups excluding carboxylic acids is 1. The molecular formula is C25H19N3O6. The minimum Gasteiger partial charge on any atom is -0.482 e. The molecule has 0 saturated heterocycles. The lowest BCUT2D eigenvalue weighted by atomic mass is 9.83. The van der Waals surface area contributed by atoms with Gasteiger partial charge in [-0.3, -0.25) is 10.1 Å². The van der Waals surface area contributed by atoms with E-state index < -0.39 is 16.8 Å². The van der Waals surface area contributed by atoms with Crippen LogP contribution in [-0.4, -0.2) is 17.5 Å². The van der Waals surface area contributed by atoms with Crippen molar-refractivity contribution in [2.45, 2.75) is 12.8 Å². The molecule has 2 N–H and O–H groups in total. The van der Waals surface area contributed by atoms with Crippen molar-refractivity contribution >= 4 is 11.7 Å². The zero-order chi connectivity index (χ0) is 24.2. The number of fused-ring (bicyclic) bond motifs is 1. The summed E-state index contributed by atoms with van der Waals surface area (Å²) in [5, 5.41) is 20.6. The number of ether oxygens (including phenoxy) is 3. The summed E-state index contributed by atoms with van der Waals surface area (Å²) in [5.74, 6) is -0.223. The van der Waals surface area contributed by atoms with Crippen LogP contribution in [0.25, 0.3) is 0 Å². The summed E-state index contributed by atoms with van der Waals surface area (Å²) < 4.78 is 16.4. The van der Waals surface area contributed by atoms with Gasteiger partial charge in [-0.1, -0.05) is 35.9 Å². The number of nitro groups is 1. The maximum Gasteiger partial charge on any atom is 0.349 e. The summed E-state index contributed by atoms with van der Waals surface area (Å²) in [5.41, 5.74) is 8.40. The lowest BCUT2D eigenvalue weighted by Gasteiger charge is -2.26. The molecule has 0 radical (unpaired) electrons. The normalized spacial score (nSPS) is 14.4. The third-order valence-electron chi connectivity index (χ3n) is 5.24. The molecule has 1 atom stereocenters. The van der Waals surface area contributed by atoms with Crippen molar-refractivity contribution in [1.29, 1.82) is 5.26 Å². The van der Waals surface area contributed by atoms with Crippen molar-refractivity contribution < 1.29 is 23.9 Å². The Bertz CT molecular complexity index is 1320. The van der Waals surface area contributed by atoms with Gasteiger partial charge in [0.25, 0.3) is 5.69 Å². The summed E-state index contributed by atoms with van der Waals surface area (Å²) in [6.45, 7) is 1.66. The second-order valence-electron chi connectivity index (χ2n) is 7.55. The van der Waals surface area contributed by atoms with Crippen LogP contribution in [0.1, 0.15) is 22.6 Å². The van der Waals surface area contributed by atoms with Gasteiger partial charge in [0.1, 0.15) is 28.9 Å². The number of esters is 1. The first-order valence-electron chi connectivity index (χ1n) is 10.2. The number of benzene rings is 3. The van der Waals surface area contributed by atoms with Crippen LogP contribution in [0.5, 0.6) is 17.2 Å². The lowest BCUT2D eigenvalue weighted by Crippen LogP contribution is -2.21. The molecule has 0 aromatic heterocycles. The lowest BCUT2D eigenvalue weighted by molar-refractivity contribution is -0.384. The zero-order valence-electron chi connectivity index (χ0n) is 18.1. The molecule has 0 amide bonds. The average molecular weight is 457 g/mol. The first-order valence-corrected chi connectivity index (χ1v) is 10.2. The van der Waals surface area contributed by atoms with E-state index in [1.165, 1.54) is 18.2 Å². The Labute approximate surface area is 194 Å². The number of nitro benzene ring substituents is 1. The second-order valence-corrected chi connectivity index (χ2v) is 7.55. The fourth-order valence-electron chi connectivity index (χ4n) is 3.57. The minimum atomic E-state index is -0.607. The van der Waals surface area contributed by atoms with Crippen molar-refractivity contribution in [2.75, 3.05) is 6.61 Å². The number of hydrogen-bond acceptors (Lipinski definition) is 8. The summed E-state index contributed by atoms with van der Waals surface area (Å²) >= 11 is 0. The number of nitrogens with zero attached hydrogens (tertiary/aromatic N) is 2. The van der Waals surface area contributed by atoms with E-state index >= 15 is 0 Å². The Kier molecular flexibility index (Phi) is 6.14. The van der Waals surface area contributed by atoms with Crippen LogP contribution in [0.3, 0.4) is 0 Å². The number of allylic oxidation sites excluding steroid dienone is 1. The molecule has 3 aromatic carbocycles. The van der Waals surface area contributed by atoms with E-state index in [1.807, 2.05) is 19.1 Å². The molecule has 34 heavy (non-hydrogen) atoms. The van der Waals surface area contributed by atoms with Crippen LogP contribution < -0.4 is 19.9 Å². The van der Waals surface area contributed by atoms with Gasteiger partial charge in [-0.2, -0.15) is 5.26 Å². The Balaban J connectivity index is 1.54. The molecule has 170 valence electrons. The molecule has 9 nitrogen and oxygen atoms in total. The van der Waals surface area contributed by atoms with Gasteiger partial charge >= 0.3 is 5.97 Å². The molecule has 1 aliphatic heterocycles. The number of nitrogens with two attached hydrogens (primary N) is 1. The number of nitriles is 1. The van der Waals surface area contributed by atoms with Crippen LogP contribution in [0, 0.1) is 28.4 Å². The fourth-order valence-corrected chi connectivity index (χ4v) is 3.57. The molecule has 1 aliphatic rings. The molecule has 9 heteroatoms. The Morgan fingerprint density at radius 1 is 1.12 bits per heavy atom. The summed E-state index contributed by atoms with van der Waals surface area (Å²) in [6, 6.07) is 19.9. The van der Waals surface area contributed by atoms with Crippen molar-refractivity contribution in [3.05, 3.63) is 105 Å². The minimum absolute atomic E-state index is 0.0680. The molecule has 4 rings (SSSR count). The van der Waals surface area contributed by atoms with Crippen LogP contribution in [-0.2, 0) is 4.79 Å². The van der Waals surface area contributed by atoms with E-state index in [4.69, 9.17) is 19.9 Å². The van der Waals surface area contributed by atoms with Gasteiger partial charge in [-0.05, 0) is 30.7 Å². The SMILES string of the molecule is Cc1ccc(OCC(=O)Oc2ccc3c(c2)OC(N)=C(C#N)C3c2ccc([N+](=O)[O-])cc2)cc1. The van der Waals surface area contributed by atoms with E-state index in [0.717, 1.165) is 5.56 Å². The topological polar surface area (TPSA) is 138 Å². The van der Waals surface area contributed by atoms with E-state index in [9.17, 15) is 20.2 Å². The Morgan fingerprint density at radius 2 is 1.79 bits per heavy atom. The van der Waals surface area contributed by atoms with Crippen LogP contribution in [0.2, 0.25) is 0 Å². The first kappa shape index (κ1) is 22.4. The predicted octanol–water partition coefficient (Wildman–Crippen LogP) is 4.11. The molecule has 0 spiro atoms. The van der Waals surface area contributed by atoms with E-state index in [2.05, 4.69) is 6.07 Å². The summed E-state index contributed by atoms with van der Waals surface area (Å²) in [7, 11) is 0. The molecule has 1 unspecified atom stereocenters. The highest BCUT2D eigenvalue weighted by molar-refractivity contribution is 5.74. The van der Waals surface area contributed by atoms with Gasteiger partial charge in [0.05, 0.1) is 10.8 Å². The zero-order valence-corrected chi connectivity index (χ0v) is 18.1. The van der Waals surface area contributed by atoms with Gasteiger partial charge in [0.2, 0.25) is 5.88 Å². The Morgan fingerprint density at radius 3 is 2.44 bits per heavy atom. The van der Waals surface area contributed by atoms with Crippen LogP contribution >= 0.6 is 0 Å². The number of rotatable bonds is 6. The highest BCUT2D eigenvalue weighted by Crippen LogP contribution is 2.43. The number of non-ortho nitro benzene ring substituents is 1. The van der Waals surface area contributed by atoms with Crippen LogP contribution in [0.15, 0.2) is 78.2 Å². The van der Waals surface area contributed by atoms with Crippen molar-refractivity contribution in [3.63, 3.8) is 0 Å². The molecule has 0 saturated carbocycles. The second kappa shape index (κ2) is 9.34. The monoisotopic (exact) mass is 457 g/mol. The molecule has 0 aliphatic carbocycles. The average Bonchev–Trinajstić information content (AvgIpc) is 2.83. The molecular weight excluding hydrogens is 438 g/mol. The number of aryl methyl sites for hydroxylation is 1. The molecule has 0 bridgehead atoms. The largest absolute Gasteiger partial charge is 0.482 e. The van der Waals surface area contributed by atoms with Crippen molar-refractivity contribution in [1.82, 2.24) is 0 Å². The van der Waals surface area contributed by atoms with Gasteiger partial charge in [0.15, 0.2) is 6.61 Å². The van der Waals surface area contributed by atoms with Gasteiger partial charge in [0, 0.05) is 23.8 Å². The van der Waals surface area contributed by atoms with Crippen LogP contribution in [0.4, 0.5) is 5.69 Å². The van der Waals surface area contributed by atoms with Crippen molar-refractivity contribution in [3.8, 4) is 23.3 Å². The quantitative estimate of drug-likeness (QED) is 0.253. The van der Waals surface area contributed by atoms with E-state index in [0.29, 0.717) is 22.6 Å². The van der Waals surface area contributed by atoms with Gasteiger partial charge < -0.3 is 19.9 Å². The van der Waals surface area contributed by atoms with Gasteiger partial charge in [-0.15, -0.1) is 0 Å². The predicted molar refractivity (Wildman–Crippen MR) is 121 cm³/mol.